The first-order chi connectivity index (χ1) is 18.5. The number of Topliss-reactive ketones (excluding diaryl/α,β-unsaturated/α-hetero) is 1. The molecule has 3 aliphatic rings. The Morgan fingerprint density at radius 3 is 2.44 bits per heavy atom. The second-order valence-corrected chi connectivity index (χ2v) is 14.1. The molecule has 0 N–H and O–H groups in total. The highest BCUT2D eigenvalue weighted by Crippen LogP contribution is 2.64. The molecule has 2 aromatic rings. The van der Waals surface area contributed by atoms with Gasteiger partial charge in [-0.2, -0.15) is 4.31 Å². The third kappa shape index (κ3) is 5.58. The van der Waals surface area contributed by atoms with Gasteiger partial charge in [-0.05, 0) is 61.6 Å². The van der Waals surface area contributed by atoms with Gasteiger partial charge in [-0.15, -0.1) is 0 Å². The van der Waals surface area contributed by atoms with Crippen LogP contribution in [0.4, 0.5) is 0 Å². The number of ether oxygens (including phenoxy) is 1. The number of hydrogen-bond acceptors (Lipinski definition) is 6. The molecule has 0 radical (unpaired) electrons. The van der Waals surface area contributed by atoms with Gasteiger partial charge in [0.05, 0.1) is 24.9 Å². The van der Waals surface area contributed by atoms with E-state index in [1.807, 2.05) is 63.2 Å². The molecule has 1 aromatic carbocycles. The standard InChI is InChI=1S/C30H40N2O6S/c1-22-11-12-26(38-22)18-31(17-23-8-5-4-6-9-23)28(34)20-32(19-25-10-7-15-37-25)39(35,36)21-30-14-13-24(16-27(30)33)29(30,2)3/h4-6,8-9,11-12,24-25H,7,10,13-21H2,1-3H3. The largest absolute Gasteiger partial charge is 0.464 e. The van der Waals surface area contributed by atoms with Crippen LogP contribution in [0, 0.1) is 23.7 Å². The smallest absolute Gasteiger partial charge is 0.238 e. The van der Waals surface area contributed by atoms with Crippen molar-refractivity contribution in [2.75, 3.05) is 25.4 Å². The number of aryl methyl sites for hydroxylation is 1. The third-order valence-corrected chi connectivity index (χ3v) is 11.3. The van der Waals surface area contributed by atoms with Crippen molar-refractivity contribution in [3.05, 3.63) is 59.5 Å². The van der Waals surface area contributed by atoms with Crippen LogP contribution in [-0.2, 0) is 37.4 Å². The summed E-state index contributed by atoms with van der Waals surface area (Å²) in [6.45, 7) is 6.87. The second kappa shape index (κ2) is 10.8. The zero-order chi connectivity index (χ0) is 27.8. The summed E-state index contributed by atoms with van der Waals surface area (Å²) in [5.41, 5.74) is -0.339. The predicted octanol–water partition coefficient (Wildman–Crippen LogP) is 4.32. The molecule has 3 atom stereocenters. The summed E-state index contributed by atoms with van der Waals surface area (Å²) in [6.07, 6.45) is 3.25. The van der Waals surface area contributed by atoms with Gasteiger partial charge in [0.2, 0.25) is 15.9 Å². The van der Waals surface area contributed by atoms with Gasteiger partial charge < -0.3 is 14.1 Å². The molecule has 2 saturated carbocycles. The lowest BCUT2D eigenvalue weighted by Gasteiger charge is -2.38. The van der Waals surface area contributed by atoms with Crippen LogP contribution >= 0.6 is 0 Å². The van der Waals surface area contributed by atoms with E-state index in [1.165, 1.54) is 4.31 Å². The fourth-order valence-electron chi connectivity index (χ4n) is 6.85. The van der Waals surface area contributed by atoms with Gasteiger partial charge in [0.15, 0.2) is 0 Å². The van der Waals surface area contributed by atoms with Crippen LogP contribution in [-0.4, -0.2) is 60.9 Å². The van der Waals surface area contributed by atoms with Crippen molar-refractivity contribution in [2.24, 2.45) is 16.7 Å². The lowest BCUT2D eigenvalue weighted by Crippen LogP contribution is -2.50. The van der Waals surface area contributed by atoms with Crippen LogP contribution in [0.5, 0.6) is 0 Å². The molecular weight excluding hydrogens is 516 g/mol. The van der Waals surface area contributed by atoms with Crippen LogP contribution in [0.25, 0.3) is 0 Å². The number of sulfonamides is 1. The van der Waals surface area contributed by atoms with Crippen LogP contribution < -0.4 is 0 Å². The predicted molar refractivity (Wildman–Crippen MR) is 147 cm³/mol. The minimum Gasteiger partial charge on any atom is -0.464 e. The molecule has 2 bridgehead atoms. The number of amides is 1. The number of fused-ring (bicyclic) bond motifs is 2. The number of carbonyl (C=O) groups is 2. The zero-order valence-corrected chi connectivity index (χ0v) is 24.0. The van der Waals surface area contributed by atoms with Crippen molar-refractivity contribution in [3.63, 3.8) is 0 Å². The molecule has 39 heavy (non-hydrogen) atoms. The molecule has 1 aliphatic heterocycles. The molecule has 2 heterocycles. The van der Waals surface area contributed by atoms with E-state index >= 15 is 0 Å². The first-order valence-corrected chi connectivity index (χ1v) is 15.6. The molecule has 2 aliphatic carbocycles. The SMILES string of the molecule is Cc1ccc(CN(Cc2ccccc2)C(=O)CN(CC2CCCO2)S(=O)(=O)CC23CCC(CC2=O)C3(C)C)o1. The number of ketones is 1. The molecule has 1 aromatic heterocycles. The monoisotopic (exact) mass is 556 g/mol. The van der Waals surface area contributed by atoms with Gasteiger partial charge in [-0.25, -0.2) is 8.42 Å². The average Bonchev–Trinajstić information content (AvgIpc) is 3.63. The maximum Gasteiger partial charge on any atom is 0.238 e. The Morgan fingerprint density at radius 2 is 1.85 bits per heavy atom. The molecule has 9 heteroatoms. The van der Waals surface area contributed by atoms with E-state index < -0.39 is 15.4 Å². The van der Waals surface area contributed by atoms with Crippen LogP contribution in [0.3, 0.4) is 0 Å². The summed E-state index contributed by atoms with van der Waals surface area (Å²) in [4.78, 5) is 28.6. The van der Waals surface area contributed by atoms with Crippen LogP contribution in [0.1, 0.15) is 63.0 Å². The summed E-state index contributed by atoms with van der Waals surface area (Å²) < 4.78 is 41.0. The maximum absolute atomic E-state index is 14.1. The lowest BCUT2D eigenvalue weighted by molar-refractivity contribution is -0.133. The maximum atomic E-state index is 14.1. The Balaban J connectivity index is 1.40. The van der Waals surface area contributed by atoms with Crippen molar-refractivity contribution < 1.29 is 27.2 Å². The van der Waals surface area contributed by atoms with E-state index in [2.05, 4.69) is 0 Å². The number of nitrogens with zero attached hydrogens (tertiary/aromatic N) is 2. The van der Waals surface area contributed by atoms with E-state index in [4.69, 9.17) is 9.15 Å². The topological polar surface area (TPSA) is 97.1 Å². The molecule has 3 unspecified atom stereocenters. The number of rotatable bonds is 11. The van der Waals surface area contributed by atoms with Gasteiger partial charge in [0.1, 0.15) is 17.3 Å². The van der Waals surface area contributed by atoms with Gasteiger partial charge in [-0.1, -0.05) is 44.2 Å². The van der Waals surface area contributed by atoms with Crippen LogP contribution in [0.2, 0.25) is 0 Å². The fourth-order valence-corrected chi connectivity index (χ4v) is 9.03. The van der Waals surface area contributed by atoms with Gasteiger partial charge in [0.25, 0.3) is 0 Å². The van der Waals surface area contributed by atoms with E-state index in [1.54, 1.807) is 4.90 Å². The summed E-state index contributed by atoms with van der Waals surface area (Å²) in [5.74, 6) is 1.09. The quantitative estimate of drug-likeness (QED) is 0.409. The highest BCUT2D eigenvalue weighted by Gasteiger charge is 2.65. The van der Waals surface area contributed by atoms with Crippen molar-refractivity contribution in [3.8, 4) is 0 Å². The van der Waals surface area contributed by atoms with Gasteiger partial charge in [0, 0.05) is 31.5 Å². The van der Waals surface area contributed by atoms with Crippen molar-refractivity contribution in [1.29, 1.82) is 0 Å². The number of furan rings is 1. The summed E-state index contributed by atoms with van der Waals surface area (Å²) >= 11 is 0. The Labute approximate surface area is 231 Å². The molecule has 5 rings (SSSR count). The van der Waals surface area contributed by atoms with E-state index in [-0.39, 0.29) is 54.5 Å². The molecular formula is C30H40N2O6S. The fraction of sp³-hybridized carbons (Fsp3) is 0.600. The van der Waals surface area contributed by atoms with E-state index in [9.17, 15) is 18.0 Å². The minimum absolute atomic E-state index is 0.0506. The van der Waals surface area contributed by atoms with Crippen molar-refractivity contribution in [2.45, 2.75) is 72.1 Å². The average molecular weight is 557 g/mol. The molecule has 1 saturated heterocycles. The normalized spacial score (nSPS) is 26.0. The highest BCUT2D eigenvalue weighted by molar-refractivity contribution is 7.89. The third-order valence-electron chi connectivity index (χ3n) is 9.42. The molecule has 8 nitrogen and oxygen atoms in total. The summed E-state index contributed by atoms with van der Waals surface area (Å²) in [5, 5.41) is 0. The first-order valence-electron chi connectivity index (χ1n) is 14.0. The van der Waals surface area contributed by atoms with Crippen molar-refractivity contribution in [1.82, 2.24) is 9.21 Å². The Kier molecular flexibility index (Phi) is 7.79. The molecule has 1 amide bonds. The van der Waals surface area contributed by atoms with Gasteiger partial charge >= 0.3 is 0 Å². The minimum atomic E-state index is -3.95. The first kappa shape index (κ1) is 28.1. The number of benzene rings is 1. The summed E-state index contributed by atoms with van der Waals surface area (Å²) in [7, 11) is -3.95. The van der Waals surface area contributed by atoms with Gasteiger partial charge in [-0.3, -0.25) is 9.59 Å². The van der Waals surface area contributed by atoms with Crippen LogP contribution in [0.15, 0.2) is 46.9 Å². The molecule has 212 valence electrons. The molecule has 3 fully saturated rings. The molecule has 0 spiro atoms. The van der Waals surface area contributed by atoms with E-state index in [0.717, 1.165) is 30.6 Å². The second-order valence-electron chi connectivity index (χ2n) is 12.1. The summed E-state index contributed by atoms with van der Waals surface area (Å²) in [6, 6.07) is 13.3. The Morgan fingerprint density at radius 1 is 1.08 bits per heavy atom. The Bertz CT molecular complexity index is 1300. The van der Waals surface area contributed by atoms with E-state index in [0.29, 0.717) is 31.8 Å². The Hall–Kier alpha value is -2.49. The zero-order valence-electron chi connectivity index (χ0n) is 23.2. The highest BCUT2D eigenvalue weighted by atomic mass is 32.2. The number of carbonyl (C=O) groups excluding carboxylic acids is 2. The van der Waals surface area contributed by atoms with Crippen molar-refractivity contribution >= 4 is 21.7 Å². The lowest BCUT2D eigenvalue weighted by atomic mass is 9.70. The number of hydrogen-bond donors (Lipinski definition) is 0.